The Balaban J connectivity index is 0. The molecule has 1 aliphatic carbocycles. The first-order valence-corrected chi connectivity index (χ1v) is 4.85. The monoisotopic (exact) mass is 306 g/mol. The van der Waals surface area contributed by atoms with Crippen LogP contribution in [-0.4, -0.2) is 28.7 Å². The molecule has 0 aliphatic heterocycles. The molecule has 0 amide bonds. The van der Waals surface area contributed by atoms with Crippen LogP contribution in [0.5, 0.6) is 0 Å². The third kappa shape index (κ3) is 5.18. The normalized spacial score (nSPS) is 21.2. The predicted octanol–water partition coefficient (Wildman–Crippen LogP) is -1.28. The van der Waals surface area contributed by atoms with Crippen LogP contribution in [0.3, 0.4) is 0 Å². The quantitative estimate of drug-likeness (QED) is 0.336. The Labute approximate surface area is 115 Å². The summed E-state index contributed by atoms with van der Waals surface area (Å²) in [5.74, 6) is 0.320. The van der Waals surface area contributed by atoms with Crippen LogP contribution in [0.1, 0.15) is 52.4 Å². The first-order valence-electron chi connectivity index (χ1n) is 4.85. The van der Waals surface area contributed by atoms with Crippen LogP contribution >= 0.6 is 0 Å². The van der Waals surface area contributed by atoms with Crippen molar-refractivity contribution in [3.05, 3.63) is 0 Å². The second kappa shape index (κ2) is 7.71. The van der Waals surface area contributed by atoms with Gasteiger partial charge in [0.15, 0.2) is 0 Å². The molecule has 0 aromatic rings. The largest absolute Gasteiger partial charge is 2.00 e. The summed E-state index contributed by atoms with van der Waals surface area (Å²) in [4.78, 5) is 0. The fourth-order valence-corrected chi connectivity index (χ4v) is 1.90. The van der Waals surface area contributed by atoms with Crippen molar-refractivity contribution < 1.29 is 29.1 Å². The molecule has 13 heavy (non-hydrogen) atoms. The van der Waals surface area contributed by atoms with E-state index in [0.29, 0.717) is 5.92 Å². The smallest absolute Gasteiger partial charge is 1.00 e. The van der Waals surface area contributed by atoms with Gasteiger partial charge in [0.1, 0.15) is 0 Å². The molecule has 1 aliphatic rings. The fraction of sp³-hybridized carbons (Fsp3) is 1.00. The van der Waals surface area contributed by atoms with Crippen molar-refractivity contribution in [3.63, 3.8) is 0 Å². The van der Waals surface area contributed by atoms with E-state index in [1.54, 1.807) is 0 Å². The van der Waals surface area contributed by atoms with Crippen LogP contribution in [0.2, 0.25) is 0 Å². The number of hydrogen-bond donors (Lipinski definition) is 0. The van der Waals surface area contributed by atoms with E-state index in [4.69, 9.17) is 0 Å². The number of hydrogen-bond acceptors (Lipinski definition) is 1. The summed E-state index contributed by atoms with van der Waals surface area (Å²) in [6.45, 7) is 4.14. The van der Waals surface area contributed by atoms with Gasteiger partial charge in [-0.1, -0.05) is 58.3 Å². The summed E-state index contributed by atoms with van der Waals surface area (Å²) in [6.07, 6.45) is 6.67. The fourth-order valence-electron chi connectivity index (χ4n) is 1.90. The second-order valence-electron chi connectivity index (χ2n) is 4.13. The molecule has 1 fully saturated rings. The van der Waals surface area contributed by atoms with Crippen LogP contribution in [0, 0.1) is 5.92 Å². The molecular weight excluding hydrogens is 287 g/mol. The average molecular weight is 306 g/mol. The van der Waals surface area contributed by atoms with E-state index in [2.05, 4.69) is 13.8 Å². The van der Waals surface area contributed by atoms with Gasteiger partial charge < -0.3 is 29.1 Å². The molecule has 0 radical (unpaired) electrons. The third-order valence-electron chi connectivity index (χ3n) is 3.00. The molecule has 0 spiro atoms. The summed E-state index contributed by atoms with van der Waals surface area (Å²) in [6, 6.07) is 0. The molecular formula is C10H19IMgO. The molecule has 0 aromatic heterocycles. The Hall–Kier alpha value is 1.46. The molecule has 0 heterocycles. The van der Waals surface area contributed by atoms with Crippen molar-refractivity contribution in [1.82, 2.24) is 0 Å². The van der Waals surface area contributed by atoms with E-state index in [0.717, 1.165) is 25.7 Å². The van der Waals surface area contributed by atoms with Gasteiger partial charge in [-0.3, -0.25) is 0 Å². The summed E-state index contributed by atoms with van der Waals surface area (Å²) >= 11 is 0. The van der Waals surface area contributed by atoms with E-state index in [-0.39, 0.29) is 47.0 Å². The molecule has 0 atom stereocenters. The van der Waals surface area contributed by atoms with Crippen molar-refractivity contribution in [2.24, 2.45) is 5.92 Å². The van der Waals surface area contributed by atoms with Crippen molar-refractivity contribution in [3.8, 4) is 0 Å². The Morgan fingerprint density at radius 2 is 1.38 bits per heavy atom. The van der Waals surface area contributed by atoms with Crippen LogP contribution < -0.4 is 29.1 Å². The van der Waals surface area contributed by atoms with Gasteiger partial charge in [-0.25, -0.2) is 0 Å². The first-order chi connectivity index (χ1) is 5.15. The molecule has 1 rings (SSSR count). The maximum Gasteiger partial charge on any atom is 2.00 e. The Kier molecular flexibility index (Phi) is 10.0. The summed E-state index contributed by atoms with van der Waals surface area (Å²) in [5, 5.41) is 12.0. The molecule has 0 aromatic carbocycles. The minimum atomic E-state index is -0.587. The average Bonchev–Trinajstić information content (AvgIpc) is 2.15. The van der Waals surface area contributed by atoms with E-state index < -0.39 is 5.60 Å². The predicted molar refractivity (Wildman–Crippen MR) is 51.0 cm³/mol. The van der Waals surface area contributed by atoms with Gasteiger partial charge in [-0.15, -0.1) is 5.60 Å². The van der Waals surface area contributed by atoms with Crippen LogP contribution in [0.15, 0.2) is 0 Å². The summed E-state index contributed by atoms with van der Waals surface area (Å²) in [7, 11) is 0. The number of rotatable bonds is 1. The van der Waals surface area contributed by atoms with E-state index in [1.807, 2.05) is 0 Å². The molecule has 0 saturated heterocycles. The van der Waals surface area contributed by atoms with E-state index >= 15 is 0 Å². The molecule has 1 nitrogen and oxygen atoms in total. The maximum absolute atomic E-state index is 12.0. The Morgan fingerprint density at radius 3 is 1.69 bits per heavy atom. The first kappa shape index (κ1) is 16.9. The Bertz CT molecular complexity index is 120. The SMILES string of the molecule is CC(C)C1([O-])CCCCCC1.[I-].[Mg+2]. The molecule has 3 heteroatoms. The molecule has 0 N–H and O–H groups in total. The van der Waals surface area contributed by atoms with Crippen molar-refractivity contribution in [2.45, 2.75) is 58.0 Å². The van der Waals surface area contributed by atoms with Crippen LogP contribution in [0.25, 0.3) is 0 Å². The van der Waals surface area contributed by atoms with Crippen LogP contribution in [0.4, 0.5) is 0 Å². The minimum Gasteiger partial charge on any atom is -1.00 e. The van der Waals surface area contributed by atoms with E-state index in [1.165, 1.54) is 12.8 Å². The standard InChI is InChI=1S/C10H19O.HI.Mg/c1-9(2)10(11)7-5-3-4-6-8-10;;/h9H,3-8H2,1-2H3;1H;/q-1;;+2/p-1. The third-order valence-corrected chi connectivity index (χ3v) is 3.00. The molecule has 0 bridgehead atoms. The van der Waals surface area contributed by atoms with Gasteiger partial charge in [0.2, 0.25) is 0 Å². The van der Waals surface area contributed by atoms with Crippen molar-refractivity contribution >= 4 is 23.1 Å². The van der Waals surface area contributed by atoms with Crippen molar-refractivity contribution in [1.29, 1.82) is 0 Å². The van der Waals surface area contributed by atoms with Gasteiger partial charge in [0, 0.05) is 0 Å². The molecule has 1 saturated carbocycles. The Morgan fingerprint density at radius 1 is 1.00 bits per heavy atom. The maximum atomic E-state index is 12.0. The minimum absolute atomic E-state index is 0. The van der Waals surface area contributed by atoms with Gasteiger partial charge in [-0.05, 0) is 0 Å². The molecule has 0 unspecified atom stereocenters. The van der Waals surface area contributed by atoms with E-state index in [9.17, 15) is 5.11 Å². The second-order valence-corrected chi connectivity index (χ2v) is 4.13. The zero-order chi connectivity index (χ0) is 8.32. The topological polar surface area (TPSA) is 23.1 Å². The summed E-state index contributed by atoms with van der Waals surface area (Å²) in [5.41, 5.74) is -0.587. The van der Waals surface area contributed by atoms with Crippen LogP contribution in [-0.2, 0) is 0 Å². The van der Waals surface area contributed by atoms with Gasteiger partial charge in [-0.2, -0.15) is 0 Å². The van der Waals surface area contributed by atoms with Gasteiger partial charge in [0.25, 0.3) is 0 Å². The van der Waals surface area contributed by atoms with Gasteiger partial charge >= 0.3 is 23.1 Å². The zero-order valence-electron chi connectivity index (χ0n) is 8.81. The van der Waals surface area contributed by atoms with Gasteiger partial charge in [0.05, 0.1) is 0 Å². The van der Waals surface area contributed by atoms with Crippen molar-refractivity contribution in [2.75, 3.05) is 0 Å². The number of halogens is 1. The zero-order valence-corrected chi connectivity index (χ0v) is 12.4. The summed E-state index contributed by atoms with van der Waals surface area (Å²) < 4.78 is 0. The molecule has 74 valence electrons.